The molecule has 0 spiro atoms. The average Bonchev–Trinajstić information content (AvgIpc) is 3.27. The summed E-state index contributed by atoms with van der Waals surface area (Å²) in [5.74, 6) is 0.0723. The number of nitrogens with one attached hydrogen (secondary N) is 1. The fourth-order valence-corrected chi connectivity index (χ4v) is 3.57. The van der Waals surface area contributed by atoms with Crippen LogP contribution in [-0.4, -0.2) is 38.5 Å². The molecule has 7 nitrogen and oxygen atoms in total. The molecule has 7 heteroatoms. The molecule has 1 aliphatic carbocycles. The fraction of sp³-hybridized carbons (Fsp3) is 0.375. The third kappa shape index (κ3) is 6.07. The Labute approximate surface area is 181 Å². The van der Waals surface area contributed by atoms with Gasteiger partial charge in [0.25, 0.3) is 5.91 Å². The zero-order valence-corrected chi connectivity index (χ0v) is 17.9. The van der Waals surface area contributed by atoms with E-state index < -0.39 is 11.9 Å². The third-order valence-corrected chi connectivity index (χ3v) is 5.28. The van der Waals surface area contributed by atoms with Gasteiger partial charge in [-0.25, -0.2) is 0 Å². The molecule has 31 heavy (non-hydrogen) atoms. The largest absolute Gasteiger partial charge is 0.493 e. The van der Waals surface area contributed by atoms with Crippen LogP contribution in [0, 0.1) is 0 Å². The highest BCUT2D eigenvalue weighted by Gasteiger charge is 2.16. The molecule has 1 aliphatic rings. The number of carbonyl (C=O) groups is 3. The van der Waals surface area contributed by atoms with Gasteiger partial charge in [-0.05, 0) is 54.2 Å². The number of fused-ring (bicyclic) bond motifs is 1. The molecule has 3 rings (SSSR count). The minimum Gasteiger partial charge on any atom is -0.493 e. The number of carbonyl (C=O) groups excluding carboxylic acids is 3. The number of benzene rings is 2. The van der Waals surface area contributed by atoms with Crippen molar-refractivity contribution in [3.63, 3.8) is 0 Å². The predicted octanol–water partition coefficient (Wildman–Crippen LogP) is 3.02. The zero-order valence-electron chi connectivity index (χ0n) is 17.9. The first kappa shape index (κ1) is 22.3. The monoisotopic (exact) mass is 425 g/mol. The molecule has 0 unspecified atom stereocenters. The molecule has 2 aromatic rings. The van der Waals surface area contributed by atoms with E-state index in [1.807, 2.05) is 18.2 Å². The molecule has 0 aromatic heterocycles. The maximum atomic E-state index is 12.3. The van der Waals surface area contributed by atoms with Gasteiger partial charge in [0.05, 0.1) is 20.6 Å². The first-order chi connectivity index (χ1) is 15.0. The normalized spacial score (nSPS) is 12.1. The van der Waals surface area contributed by atoms with Crippen LogP contribution >= 0.6 is 0 Å². The molecule has 0 saturated heterocycles. The number of ketones is 1. The standard InChI is InChI=1S/C24H27NO6/c1-29-21-10-6-16(12-22(21)30-2)14-25-23(27)15-31-24(28)11-9-20(26)19-8-7-17-4-3-5-18(17)13-19/h6-8,10,12-13H,3-5,9,11,14-15H2,1-2H3,(H,25,27). The maximum absolute atomic E-state index is 12.3. The Morgan fingerprint density at radius 2 is 1.68 bits per heavy atom. The van der Waals surface area contributed by atoms with Crippen LogP contribution in [-0.2, 0) is 33.7 Å². The molecule has 0 saturated carbocycles. The Morgan fingerprint density at radius 3 is 2.45 bits per heavy atom. The van der Waals surface area contributed by atoms with Gasteiger partial charge in [0.1, 0.15) is 0 Å². The lowest BCUT2D eigenvalue weighted by molar-refractivity contribution is -0.148. The smallest absolute Gasteiger partial charge is 0.306 e. The van der Waals surface area contributed by atoms with E-state index in [0.29, 0.717) is 17.1 Å². The van der Waals surface area contributed by atoms with Crippen molar-refractivity contribution in [1.82, 2.24) is 5.32 Å². The molecule has 1 N–H and O–H groups in total. The van der Waals surface area contributed by atoms with Crippen LogP contribution in [0.5, 0.6) is 11.5 Å². The second-order valence-electron chi connectivity index (χ2n) is 7.39. The Hall–Kier alpha value is -3.35. The van der Waals surface area contributed by atoms with Crippen LogP contribution in [0.4, 0.5) is 0 Å². The average molecular weight is 425 g/mol. The number of amides is 1. The van der Waals surface area contributed by atoms with Crippen molar-refractivity contribution in [2.75, 3.05) is 20.8 Å². The van der Waals surface area contributed by atoms with E-state index in [1.54, 1.807) is 25.3 Å². The number of rotatable bonds is 10. The summed E-state index contributed by atoms with van der Waals surface area (Å²) in [6, 6.07) is 11.1. The summed E-state index contributed by atoms with van der Waals surface area (Å²) in [6.45, 7) is -0.132. The van der Waals surface area contributed by atoms with E-state index in [2.05, 4.69) is 5.32 Å². The highest BCUT2D eigenvalue weighted by atomic mass is 16.5. The first-order valence-corrected chi connectivity index (χ1v) is 10.3. The lowest BCUT2D eigenvalue weighted by Gasteiger charge is -2.10. The minimum atomic E-state index is -0.573. The van der Waals surface area contributed by atoms with Gasteiger partial charge in [-0.15, -0.1) is 0 Å². The van der Waals surface area contributed by atoms with Gasteiger partial charge in [0.15, 0.2) is 23.9 Å². The second-order valence-corrected chi connectivity index (χ2v) is 7.39. The minimum absolute atomic E-state index is 0.0567. The molecule has 164 valence electrons. The van der Waals surface area contributed by atoms with Gasteiger partial charge >= 0.3 is 5.97 Å². The summed E-state index contributed by atoms with van der Waals surface area (Å²) in [5.41, 5.74) is 3.97. The van der Waals surface area contributed by atoms with Crippen molar-refractivity contribution in [2.24, 2.45) is 0 Å². The Kier molecular flexibility index (Phi) is 7.65. The Morgan fingerprint density at radius 1 is 0.903 bits per heavy atom. The predicted molar refractivity (Wildman–Crippen MR) is 114 cm³/mol. The lowest BCUT2D eigenvalue weighted by atomic mass is 10.0. The molecule has 1 amide bonds. The van der Waals surface area contributed by atoms with Crippen LogP contribution in [0.2, 0.25) is 0 Å². The van der Waals surface area contributed by atoms with Crippen molar-refractivity contribution in [3.05, 3.63) is 58.7 Å². The van der Waals surface area contributed by atoms with E-state index in [4.69, 9.17) is 14.2 Å². The summed E-state index contributed by atoms with van der Waals surface area (Å²) in [6.07, 6.45) is 3.18. The van der Waals surface area contributed by atoms with Gasteiger partial charge in [-0.3, -0.25) is 14.4 Å². The van der Waals surface area contributed by atoms with E-state index >= 15 is 0 Å². The van der Waals surface area contributed by atoms with Gasteiger partial charge in [-0.1, -0.05) is 18.2 Å². The number of ether oxygens (including phenoxy) is 3. The third-order valence-electron chi connectivity index (χ3n) is 5.28. The second kappa shape index (κ2) is 10.6. The van der Waals surface area contributed by atoms with Crippen molar-refractivity contribution in [3.8, 4) is 11.5 Å². The summed E-state index contributed by atoms with van der Waals surface area (Å²) in [5, 5.41) is 2.68. The summed E-state index contributed by atoms with van der Waals surface area (Å²) in [7, 11) is 3.09. The summed E-state index contributed by atoms with van der Waals surface area (Å²) < 4.78 is 15.4. The van der Waals surface area contributed by atoms with Crippen molar-refractivity contribution < 1.29 is 28.6 Å². The molecule has 0 aliphatic heterocycles. The molecule has 0 heterocycles. The van der Waals surface area contributed by atoms with Crippen LogP contribution in [0.1, 0.15) is 46.3 Å². The first-order valence-electron chi connectivity index (χ1n) is 10.3. The molecular weight excluding hydrogens is 398 g/mol. The van der Waals surface area contributed by atoms with Gasteiger partial charge in [0, 0.05) is 18.5 Å². The molecule has 0 atom stereocenters. The summed E-state index contributed by atoms with van der Waals surface area (Å²) >= 11 is 0. The number of hydrogen-bond donors (Lipinski definition) is 1. The van der Waals surface area contributed by atoms with Crippen LogP contribution < -0.4 is 14.8 Å². The summed E-state index contributed by atoms with van der Waals surface area (Å²) in [4.78, 5) is 36.2. The number of methoxy groups -OCH3 is 2. The quantitative estimate of drug-likeness (QED) is 0.465. The maximum Gasteiger partial charge on any atom is 0.306 e. The van der Waals surface area contributed by atoms with E-state index in [-0.39, 0.29) is 31.8 Å². The molecule has 2 aromatic carbocycles. The highest BCUT2D eigenvalue weighted by Crippen LogP contribution is 2.27. The van der Waals surface area contributed by atoms with E-state index in [1.165, 1.54) is 18.2 Å². The van der Waals surface area contributed by atoms with Crippen LogP contribution in [0.25, 0.3) is 0 Å². The number of aryl methyl sites for hydroxylation is 2. The Bertz CT molecular complexity index is 969. The molecule has 0 bridgehead atoms. The molecular formula is C24H27NO6. The van der Waals surface area contributed by atoms with Crippen molar-refractivity contribution in [1.29, 1.82) is 0 Å². The van der Waals surface area contributed by atoms with Gasteiger partial charge in [-0.2, -0.15) is 0 Å². The zero-order chi connectivity index (χ0) is 22.2. The molecule has 0 radical (unpaired) electrons. The van der Waals surface area contributed by atoms with E-state index in [0.717, 1.165) is 24.8 Å². The topological polar surface area (TPSA) is 90.9 Å². The SMILES string of the molecule is COc1ccc(CNC(=O)COC(=O)CCC(=O)c2ccc3c(c2)CCC3)cc1OC. The van der Waals surface area contributed by atoms with Crippen LogP contribution in [0.3, 0.4) is 0 Å². The lowest BCUT2D eigenvalue weighted by Crippen LogP contribution is -2.28. The van der Waals surface area contributed by atoms with Gasteiger partial charge < -0.3 is 19.5 Å². The highest BCUT2D eigenvalue weighted by molar-refractivity contribution is 5.98. The van der Waals surface area contributed by atoms with Gasteiger partial charge in [0.2, 0.25) is 0 Å². The van der Waals surface area contributed by atoms with Crippen molar-refractivity contribution >= 4 is 17.7 Å². The number of hydrogen-bond acceptors (Lipinski definition) is 6. The van der Waals surface area contributed by atoms with Crippen LogP contribution in [0.15, 0.2) is 36.4 Å². The van der Waals surface area contributed by atoms with E-state index in [9.17, 15) is 14.4 Å². The molecule has 0 fully saturated rings. The fourth-order valence-electron chi connectivity index (χ4n) is 3.57. The Balaban J connectivity index is 1.38. The number of Topliss-reactive ketones (excluding diaryl/α,β-unsaturated/α-hetero) is 1. The number of esters is 1. The van der Waals surface area contributed by atoms with Crippen molar-refractivity contribution in [2.45, 2.75) is 38.6 Å².